The zero-order valence-corrected chi connectivity index (χ0v) is 24.2. The van der Waals surface area contributed by atoms with Gasteiger partial charge in [-0.2, -0.15) is 0 Å². The molecule has 0 atom stereocenters. The van der Waals surface area contributed by atoms with Crippen molar-refractivity contribution in [3.8, 4) is 44.9 Å². The fraction of sp³-hybridized carbons (Fsp3) is 0.0571. The molecule has 0 N–H and O–H groups in total. The summed E-state index contributed by atoms with van der Waals surface area (Å²) < 4.78 is 0. The Morgan fingerprint density at radius 3 is 1.85 bits per heavy atom. The monoisotopic (exact) mass is 682 g/mol. The quantitative estimate of drug-likeness (QED) is 0.175. The number of rotatable bonds is 4. The van der Waals surface area contributed by atoms with E-state index in [0.29, 0.717) is 5.82 Å². The molecule has 3 nitrogen and oxygen atoms in total. The first kappa shape index (κ1) is 27.8. The number of hydrogen-bond donors (Lipinski definition) is 0. The van der Waals surface area contributed by atoms with Crippen LogP contribution in [0.5, 0.6) is 0 Å². The fourth-order valence-electron chi connectivity index (χ4n) is 4.22. The summed E-state index contributed by atoms with van der Waals surface area (Å²) in [6.07, 6.45) is 5.39. The third-order valence-corrected chi connectivity index (χ3v) is 6.11. The first-order chi connectivity index (χ1) is 18.7. The van der Waals surface area contributed by atoms with Gasteiger partial charge in [-0.15, -0.1) is 65.2 Å². The van der Waals surface area contributed by atoms with Gasteiger partial charge in [-0.05, 0) is 36.7 Å². The number of aryl methyl sites for hydroxylation is 2. The summed E-state index contributed by atoms with van der Waals surface area (Å²) >= 11 is 0. The van der Waals surface area contributed by atoms with Gasteiger partial charge in [-0.25, -0.2) is 0 Å². The van der Waals surface area contributed by atoms with E-state index in [1.165, 1.54) is 27.8 Å². The van der Waals surface area contributed by atoms with Gasteiger partial charge in [-0.3, -0.25) is 9.97 Å². The summed E-state index contributed by atoms with van der Waals surface area (Å²) in [6.45, 7) is 4.15. The molecule has 0 spiro atoms. The summed E-state index contributed by atoms with van der Waals surface area (Å²) in [7, 11) is 0. The molecule has 6 aromatic rings. The molecule has 0 fully saturated rings. The minimum absolute atomic E-state index is 0. The minimum Gasteiger partial charge on any atom is -0.304 e. The smallest absolute Gasteiger partial charge is 0.0748 e. The van der Waals surface area contributed by atoms with Gasteiger partial charge in [-0.1, -0.05) is 83.4 Å². The molecular formula is C35H27IrN3-2. The van der Waals surface area contributed by atoms with Gasteiger partial charge in [0.15, 0.2) is 0 Å². The Hall–Kier alpha value is -4.24. The van der Waals surface area contributed by atoms with Gasteiger partial charge in [0, 0.05) is 38.7 Å². The Labute approximate surface area is 244 Å². The Morgan fingerprint density at radius 2 is 1.23 bits per heavy atom. The minimum atomic E-state index is 0. The van der Waals surface area contributed by atoms with Crippen LogP contribution in [0.3, 0.4) is 0 Å². The molecule has 6 rings (SSSR count). The van der Waals surface area contributed by atoms with Crippen LogP contribution in [-0.4, -0.2) is 15.0 Å². The first-order valence-corrected chi connectivity index (χ1v) is 12.5. The van der Waals surface area contributed by atoms with E-state index in [1.807, 2.05) is 54.7 Å². The number of nitrogens with zero attached hydrogens (tertiary/aromatic N) is 3. The molecule has 0 amide bonds. The molecule has 0 saturated heterocycles. The molecule has 0 aliphatic carbocycles. The molecular weight excluding hydrogens is 655 g/mol. The zero-order valence-electron chi connectivity index (χ0n) is 21.8. The Kier molecular flexibility index (Phi) is 9.63. The predicted octanol–water partition coefficient (Wildman–Crippen LogP) is 8.44. The first-order valence-electron chi connectivity index (χ1n) is 12.5. The molecule has 0 aliphatic rings. The molecule has 0 saturated carbocycles. The number of pyridine rings is 1. The van der Waals surface area contributed by atoms with Crippen LogP contribution in [0, 0.1) is 26.0 Å². The van der Waals surface area contributed by atoms with E-state index in [1.54, 1.807) is 12.4 Å². The number of aromatic nitrogens is 3. The van der Waals surface area contributed by atoms with Gasteiger partial charge in [0.25, 0.3) is 0 Å². The van der Waals surface area contributed by atoms with Crippen LogP contribution in [0.2, 0.25) is 0 Å². The second-order valence-electron chi connectivity index (χ2n) is 8.96. The van der Waals surface area contributed by atoms with Gasteiger partial charge in [0.05, 0.1) is 5.82 Å². The van der Waals surface area contributed by atoms with E-state index >= 15 is 0 Å². The topological polar surface area (TPSA) is 38.7 Å². The van der Waals surface area contributed by atoms with Crippen molar-refractivity contribution in [2.24, 2.45) is 0 Å². The molecule has 39 heavy (non-hydrogen) atoms. The van der Waals surface area contributed by atoms with Gasteiger partial charge >= 0.3 is 0 Å². The van der Waals surface area contributed by atoms with Crippen molar-refractivity contribution >= 4 is 0 Å². The van der Waals surface area contributed by atoms with Gasteiger partial charge in [0.1, 0.15) is 0 Å². The number of hydrogen-bond acceptors (Lipinski definition) is 3. The van der Waals surface area contributed by atoms with Crippen molar-refractivity contribution in [3.05, 3.63) is 151 Å². The third-order valence-electron chi connectivity index (χ3n) is 6.11. The Morgan fingerprint density at radius 1 is 0.564 bits per heavy atom. The average Bonchev–Trinajstić information content (AvgIpc) is 2.99. The summed E-state index contributed by atoms with van der Waals surface area (Å²) in [5.74, 6) is 0.704. The van der Waals surface area contributed by atoms with Crippen LogP contribution < -0.4 is 0 Å². The molecule has 193 valence electrons. The third kappa shape index (κ3) is 7.20. The van der Waals surface area contributed by atoms with Crippen molar-refractivity contribution in [1.82, 2.24) is 15.0 Å². The normalized spacial score (nSPS) is 10.1. The molecule has 0 unspecified atom stereocenters. The van der Waals surface area contributed by atoms with Crippen LogP contribution in [-0.2, 0) is 20.1 Å². The molecule has 2 aromatic heterocycles. The molecule has 1 radical (unpaired) electrons. The van der Waals surface area contributed by atoms with E-state index in [0.717, 1.165) is 22.4 Å². The van der Waals surface area contributed by atoms with Crippen LogP contribution in [0.1, 0.15) is 11.1 Å². The van der Waals surface area contributed by atoms with Crippen molar-refractivity contribution < 1.29 is 20.1 Å². The standard InChI is InChI=1S/C19H16N.C16H11N2.Ir/c1-14-12-15(2)19(20-13-14)18-10-8-17(9-11-18)16-6-4-3-5-7-16;1-2-6-13(7-3-1)14-8-4-9-15(12-14)16-17-10-5-11-18-16;/h3-10,12-13H,1-2H3;1-8,10-12H;/q2*-1;. The average molecular weight is 682 g/mol. The van der Waals surface area contributed by atoms with Gasteiger partial charge in [0.2, 0.25) is 0 Å². The van der Waals surface area contributed by atoms with Crippen molar-refractivity contribution in [1.29, 1.82) is 0 Å². The number of benzene rings is 4. The Bertz CT molecular complexity index is 1550. The second kappa shape index (κ2) is 13.5. The van der Waals surface area contributed by atoms with E-state index in [-0.39, 0.29) is 20.1 Å². The summed E-state index contributed by atoms with van der Waals surface area (Å²) in [6, 6.07) is 43.4. The molecule has 0 aliphatic heterocycles. The summed E-state index contributed by atoms with van der Waals surface area (Å²) in [5.41, 5.74) is 10.1. The van der Waals surface area contributed by atoms with Crippen LogP contribution >= 0.6 is 0 Å². The SMILES string of the molecule is Cc1cnc(-c2[c-]cc(-c3ccccc3)cc2)c(C)c1.[Ir].[c-]1ccc(-c2ccccc2)cc1-c1ncccn1. The van der Waals surface area contributed by atoms with E-state index in [9.17, 15) is 0 Å². The fourth-order valence-corrected chi connectivity index (χ4v) is 4.22. The van der Waals surface area contributed by atoms with Crippen molar-refractivity contribution in [2.75, 3.05) is 0 Å². The largest absolute Gasteiger partial charge is 0.304 e. The van der Waals surface area contributed by atoms with Gasteiger partial charge < -0.3 is 4.98 Å². The zero-order chi connectivity index (χ0) is 26.2. The summed E-state index contributed by atoms with van der Waals surface area (Å²) in [5, 5.41) is 0. The molecule has 0 bridgehead atoms. The van der Waals surface area contributed by atoms with E-state index in [2.05, 4.69) is 102 Å². The van der Waals surface area contributed by atoms with Crippen molar-refractivity contribution in [3.63, 3.8) is 0 Å². The second-order valence-corrected chi connectivity index (χ2v) is 8.96. The van der Waals surface area contributed by atoms with Crippen LogP contribution in [0.15, 0.2) is 128 Å². The maximum absolute atomic E-state index is 4.52. The Balaban J connectivity index is 0.000000177. The van der Waals surface area contributed by atoms with Crippen molar-refractivity contribution in [2.45, 2.75) is 13.8 Å². The van der Waals surface area contributed by atoms with E-state index < -0.39 is 0 Å². The maximum Gasteiger partial charge on any atom is 0.0748 e. The molecule has 2 heterocycles. The summed E-state index contributed by atoms with van der Waals surface area (Å²) in [4.78, 5) is 13.0. The predicted molar refractivity (Wildman–Crippen MR) is 155 cm³/mol. The van der Waals surface area contributed by atoms with E-state index in [4.69, 9.17) is 0 Å². The molecule has 4 aromatic carbocycles. The van der Waals surface area contributed by atoms with Crippen LogP contribution in [0.4, 0.5) is 0 Å². The maximum atomic E-state index is 4.52. The van der Waals surface area contributed by atoms with Crippen LogP contribution in [0.25, 0.3) is 44.9 Å². The molecule has 4 heteroatoms.